The highest BCUT2D eigenvalue weighted by Gasteiger charge is 1.99. The van der Waals surface area contributed by atoms with E-state index in [1.807, 2.05) is 0 Å². The summed E-state index contributed by atoms with van der Waals surface area (Å²) in [6.07, 6.45) is 0. The number of hydrogen-bond acceptors (Lipinski definition) is 1. The number of aryl methyl sites for hydroxylation is 1. The zero-order valence-corrected chi connectivity index (χ0v) is 8.72. The predicted octanol–water partition coefficient (Wildman–Crippen LogP) is 2.59. The van der Waals surface area contributed by atoms with Gasteiger partial charge in [-0.15, -0.1) is 0 Å². The Morgan fingerprint density at radius 1 is 1.29 bits per heavy atom. The fraction of sp³-hybridized carbons (Fsp3) is 0.333. The van der Waals surface area contributed by atoms with E-state index in [9.17, 15) is 0 Å². The Morgan fingerprint density at radius 2 is 2.14 bits per heavy atom. The monoisotopic (exact) mass is 188 g/mol. The minimum absolute atomic E-state index is 0.921. The lowest BCUT2D eigenvalue weighted by molar-refractivity contribution is 0.715. The number of fused-ring (bicyclic) bond motifs is 1. The third-order valence-corrected chi connectivity index (χ3v) is 2.40. The van der Waals surface area contributed by atoms with Crippen molar-refractivity contribution in [2.75, 3.05) is 6.54 Å². The van der Waals surface area contributed by atoms with Gasteiger partial charge in [-0.2, -0.15) is 0 Å². The molecule has 0 saturated heterocycles. The van der Waals surface area contributed by atoms with Gasteiger partial charge in [0.15, 0.2) is 0 Å². The first-order valence-corrected chi connectivity index (χ1v) is 5.08. The SMILES string of the molecule is CCNCc1cc2ccc(C)cc2[nH]1. The highest BCUT2D eigenvalue weighted by Crippen LogP contribution is 2.16. The van der Waals surface area contributed by atoms with Gasteiger partial charge in [-0.1, -0.05) is 19.1 Å². The summed E-state index contributed by atoms with van der Waals surface area (Å²) in [7, 11) is 0. The van der Waals surface area contributed by atoms with Crippen LogP contribution in [0.5, 0.6) is 0 Å². The standard InChI is InChI=1S/C12H16N2/c1-3-13-8-11-7-10-5-4-9(2)6-12(10)14-11/h4-7,13-14H,3,8H2,1-2H3. The molecule has 1 heterocycles. The average Bonchev–Trinajstić information content (AvgIpc) is 2.56. The minimum atomic E-state index is 0.921. The number of aromatic amines is 1. The van der Waals surface area contributed by atoms with Crippen molar-refractivity contribution in [1.82, 2.24) is 10.3 Å². The molecule has 0 atom stereocenters. The molecule has 74 valence electrons. The first kappa shape index (κ1) is 9.28. The second kappa shape index (κ2) is 3.84. The lowest BCUT2D eigenvalue weighted by atomic mass is 10.2. The molecule has 0 bridgehead atoms. The number of aromatic nitrogens is 1. The molecule has 0 saturated carbocycles. The van der Waals surface area contributed by atoms with Crippen LogP contribution in [0.25, 0.3) is 10.9 Å². The van der Waals surface area contributed by atoms with Gasteiger partial charge in [0, 0.05) is 17.8 Å². The maximum absolute atomic E-state index is 3.41. The molecule has 0 aliphatic heterocycles. The molecule has 0 fully saturated rings. The second-order valence-corrected chi connectivity index (χ2v) is 3.67. The number of benzene rings is 1. The molecule has 14 heavy (non-hydrogen) atoms. The van der Waals surface area contributed by atoms with E-state index < -0.39 is 0 Å². The first-order chi connectivity index (χ1) is 6.79. The van der Waals surface area contributed by atoms with E-state index in [1.165, 1.54) is 22.2 Å². The molecule has 1 aromatic carbocycles. The van der Waals surface area contributed by atoms with Gasteiger partial charge in [0.1, 0.15) is 0 Å². The molecule has 2 heteroatoms. The van der Waals surface area contributed by atoms with Crippen molar-refractivity contribution in [3.05, 3.63) is 35.5 Å². The van der Waals surface area contributed by atoms with Crippen molar-refractivity contribution in [3.8, 4) is 0 Å². The Hall–Kier alpha value is -1.28. The van der Waals surface area contributed by atoms with E-state index in [4.69, 9.17) is 0 Å². The first-order valence-electron chi connectivity index (χ1n) is 5.08. The summed E-state index contributed by atoms with van der Waals surface area (Å²) in [5.74, 6) is 0. The van der Waals surface area contributed by atoms with Crippen molar-refractivity contribution in [1.29, 1.82) is 0 Å². The molecule has 0 radical (unpaired) electrons. The van der Waals surface area contributed by atoms with Gasteiger partial charge < -0.3 is 10.3 Å². The summed E-state index contributed by atoms with van der Waals surface area (Å²) < 4.78 is 0. The lowest BCUT2D eigenvalue weighted by Gasteiger charge is -1.96. The fourth-order valence-corrected chi connectivity index (χ4v) is 1.66. The molecule has 0 aliphatic rings. The van der Waals surface area contributed by atoms with Crippen LogP contribution in [-0.2, 0) is 6.54 Å². The van der Waals surface area contributed by atoms with Crippen LogP contribution in [0.1, 0.15) is 18.2 Å². The van der Waals surface area contributed by atoms with Crippen LogP contribution < -0.4 is 5.32 Å². The van der Waals surface area contributed by atoms with Crippen molar-refractivity contribution in [2.24, 2.45) is 0 Å². The molecule has 0 unspecified atom stereocenters. The number of hydrogen-bond donors (Lipinski definition) is 2. The average molecular weight is 188 g/mol. The van der Waals surface area contributed by atoms with E-state index in [1.54, 1.807) is 0 Å². The van der Waals surface area contributed by atoms with Crippen LogP contribution in [0.3, 0.4) is 0 Å². The van der Waals surface area contributed by atoms with E-state index in [0.717, 1.165) is 13.1 Å². The van der Waals surface area contributed by atoms with Gasteiger partial charge in [-0.05, 0) is 36.6 Å². The summed E-state index contributed by atoms with van der Waals surface area (Å²) in [6.45, 7) is 6.16. The van der Waals surface area contributed by atoms with Gasteiger partial charge in [-0.3, -0.25) is 0 Å². The topological polar surface area (TPSA) is 27.8 Å². The third kappa shape index (κ3) is 1.80. The van der Waals surface area contributed by atoms with Crippen LogP contribution >= 0.6 is 0 Å². The molecule has 0 aliphatic carbocycles. The summed E-state index contributed by atoms with van der Waals surface area (Å²) in [5, 5.41) is 4.60. The Kier molecular flexibility index (Phi) is 2.55. The summed E-state index contributed by atoms with van der Waals surface area (Å²) >= 11 is 0. The van der Waals surface area contributed by atoms with Crippen molar-refractivity contribution in [3.63, 3.8) is 0 Å². The molecular weight excluding hydrogens is 172 g/mol. The Balaban J connectivity index is 2.32. The molecule has 2 N–H and O–H groups in total. The third-order valence-electron chi connectivity index (χ3n) is 2.40. The smallest absolute Gasteiger partial charge is 0.0459 e. The maximum atomic E-state index is 3.41. The van der Waals surface area contributed by atoms with E-state index in [-0.39, 0.29) is 0 Å². The van der Waals surface area contributed by atoms with Gasteiger partial charge in [0.2, 0.25) is 0 Å². The lowest BCUT2D eigenvalue weighted by Crippen LogP contribution is -2.11. The van der Waals surface area contributed by atoms with Crippen LogP contribution in [0, 0.1) is 6.92 Å². The zero-order chi connectivity index (χ0) is 9.97. The molecule has 1 aromatic heterocycles. The largest absolute Gasteiger partial charge is 0.357 e. The predicted molar refractivity (Wildman–Crippen MR) is 60.4 cm³/mol. The maximum Gasteiger partial charge on any atom is 0.0459 e. The van der Waals surface area contributed by atoms with Crippen molar-refractivity contribution in [2.45, 2.75) is 20.4 Å². The molecule has 0 amide bonds. The summed E-state index contributed by atoms with van der Waals surface area (Å²) in [6, 6.07) is 8.70. The molecule has 0 spiro atoms. The van der Waals surface area contributed by atoms with Crippen LogP contribution in [0.15, 0.2) is 24.3 Å². The van der Waals surface area contributed by atoms with Crippen LogP contribution in [-0.4, -0.2) is 11.5 Å². The van der Waals surface area contributed by atoms with Crippen LogP contribution in [0.2, 0.25) is 0 Å². The Bertz CT molecular complexity index is 429. The summed E-state index contributed by atoms with van der Waals surface area (Å²) in [5.41, 5.74) is 3.79. The molecule has 2 nitrogen and oxygen atoms in total. The van der Waals surface area contributed by atoms with Crippen molar-refractivity contribution >= 4 is 10.9 Å². The number of H-pyrrole nitrogens is 1. The number of nitrogens with one attached hydrogen (secondary N) is 2. The van der Waals surface area contributed by atoms with Crippen LogP contribution in [0.4, 0.5) is 0 Å². The number of rotatable bonds is 3. The Morgan fingerprint density at radius 3 is 2.93 bits per heavy atom. The molecule has 2 aromatic rings. The van der Waals surface area contributed by atoms with Gasteiger partial charge in [0.25, 0.3) is 0 Å². The summed E-state index contributed by atoms with van der Waals surface area (Å²) in [4.78, 5) is 3.41. The second-order valence-electron chi connectivity index (χ2n) is 3.67. The minimum Gasteiger partial charge on any atom is -0.357 e. The van der Waals surface area contributed by atoms with E-state index >= 15 is 0 Å². The van der Waals surface area contributed by atoms with E-state index in [0.29, 0.717) is 0 Å². The van der Waals surface area contributed by atoms with Gasteiger partial charge in [-0.25, -0.2) is 0 Å². The van der Waals surface area contributed by atoms with Gasteiger partial charge >= 0.3 is 0 Å². The zero-order valence-electron chi connectivity index (χ0n) is 8.72. The highest BCUT2D eigenvalue weighted by molar-refractivity contribution is 5.80. The van der Waals surface area contributed by atoms with Gasteiger partial charge in [0.05, 0.1) is 0 Å². The van der Waals surface area contributed by atoms with Crippen molar-refractivity contribution < 1.29 is 0 Å². The van der Waals surface area contributed by atoms with E-state index in [2.05, 4.69) is 48.4 Å². The molecule has 2 rings (SSSR count). The quantitative estimate of drug-likeness (QED) is 0.761. The molecular formula is C12H16N2. The normalized spacial score (nSPS) is 11.0. The fourth-order valence-electron chi connectivity index (χ4n) is 1.66. The highest BCUT2D eigenvalue weighted by atomic mass is 14.9. The Labute approximate surface area is 84.3 Å².